The predicted octanol–water partition coefficient (Wildman–Crippen LogP) is 1.83. The van der Waals surface area contributed by atoms with E-state index in [-0.39, 0.29) is 5.97 Å². The van der Waals surface area contributed by atoms with E-state index in [1.807, 2.05) is 17.8 Å². The topological polar surface area (TPSA) is 53.4 Å². The van der Waals surface area contributed by atoms with Gasteiger partial charge < -0.3 is 14.0 Å². The number of nitrogens with zero attached hydrogens (tertiary/aromatic N) is 2. The average molecular weight is 260 g/mol. The Labute approximate surface area is 111 Å². The minimum absolute atomic E-state index is 0.348. The summed E-state index contributed by atoms with van der Waals surface area (Å²) < 4.78 is 12.2. The van der Waals surface area contributed by atoms with E-state index in [1.54, 1.807) is 30.5 Å². The van der Waals surface area contributed by atoms with Crippen LogP contribution in [0.2, 0.25) is 0 Å². The summed E-state index contributed by atoms with van der Waals surface area (Å²) >= 11 is 0. The maximum Gasteiger partial charge on any atom is 0.337 e. The van der Waals surface area contributed by atoms with Crippen molar-refractivity contribution in [1.82, 2.24) is 9.55 Å². The van der Waals surface area contributed by atoms with Gasteiger partial charge in [-0.1, -0.05) is 0 Å². The fraction of sp³-hybridized carbons (Fsp3) is 0.286. The second-order valence-corrected chi connectivity index (χ2v) is 4.07. The van der Waals surface area contributed by atoms with Gasteiger partial charge >= 0.3 is 5.97 Å². The molecule has 1 aromatic heterocycles. The van der Waals surface area contributed by atoms with Crippen molar-refractivity contribution >= 4 is 5.97 Å². The standard InChI is InChI=1S/C14H16N2O3/c1-16-9-8-15-13(16)7-10-19-12-5-3-11(4-6-12)14(17)18-2/h3-6,8-9H,7,10H2,1-2H3. The van der Waals surface area contributed by atoms with E-state index in [0.717, 1.165) is 18.0 Å². The van der Waals surface area contributed by atoms with Crippen molar-refractivity contribution in [2.75, 3.05) is 13.7 Å². The zero-order valence-corrected chi connectivity index (χ0v) is 11.0. The van der Waals surface area contributed by atoms with E-state index >= 15 is 0 Å². The minimum Gasteiger partial charge on any atom is -0.493 e. The first-order valence-corrected chi connectivity index (χ1v) is 5.98. The Hall–Kier alpha value is -2.30. The number of carbonyl (C=O) groups is 1. The van der Waals surface area contributed by atoms with E-state index in [1.165, 1.54) is 7.11 Å². The molecular formula is C14H16N2O3. The highest BCUT2D eigenvalue weighted by Gasteiger charge is 2.05. The van der Waals surface area contributed by atoms with Gasteiger partial charge in [0, 0.05) is 25.9 Å². The highest BCUT2D eigenvalue weighted by atomic mass is 16.5. The number of esters is 1. The average Bonchev–Trinajstić information content (AvgIpc) is 2.84. The molecule has 0 aliphatic heterocycles. The molecule has 2 aromatic rings. The lowest BCUT2D eigenvalue weighted by atomic mass is 10.2. The molecule has 2 rings (SSSR count). The molecule has 0 saturated carbocycles. The van der Waals surface area contributed by atoms with Gasteiger partial charge in [0.1, 0.15) is 11.6 Å². The van der Waals surface area contributed by atoms with Gasteiger partial charge in [-0.05, 0) is 24.3 Å². The van der Waals surface area contributed by atoms with Gasteiger partial charge in [0.05, 0.1) is 19.3 Å². The maximum atomic E-state index is 11.3. The molecule has 19 heavy (non-hydrogen) atoms. The van der Waals surface area contributed by atoms with Crippen molar-refractivity contribution in [3.63, 3.8) is 0 Å². The second-order valence-electron chi connectivity index (χ2n) is 4.07. The van der Waals surface area contributed by atoms with E-state index < -0.39 is 0 Å². The van der Waals surface area contributed by atoms with Gasteiger partial charge in [0.15, 0.2) is 0 Å². The molecule has 0 aliphatic rings. The second kappa shape index (κ2) is 6.04. The number of ether oxygens (including phenoxy) is 2. The molecule has 0 radical (unpaired) electrons. The molecule has 0 saturated heterocycles. The molecular weight excluding hydrogens is 244 g/mol. The Kier molecular flexibility index (Phi) is 4.18. The fourth-order valence-corrected chi connectivity index (χ4v) is 1.70. The molecule has 100 valence electrons. The Bertz CT molecular complexity index is 546. The monoisotopic (exact) mass is 260 g/mol. The van der Waals surface area contributed by atoms with Crippen molar-refractivity contribution in [2.24, 2.45) is 7.05 Å². The molecule has 0 amide bonds. The number of hydrogen-bond donors (Lipinski definition) is 0. The van der Waals surface area contributed by atoms with Crippen LogP contribution in [0.3, 0.4) is 0 Å². The van der Waals surface area contributed by atoms with Crippen molar-refractivity contribution < 1.29 is 14.3 Å². The third kappa shape index (κ3) is 3.34. The van der Waals surface area contributed by atoms with Crippen LogP contribution in [-0.2, 0) is 18.2 Å². The van der Waals surface area contributed by atoms with E-state index in [4.69, 9.17) is 4.74 Å². The van der Waals surface area contributed by atoms with Crippen LogP contribution in [0, 0.1) is 0 Å². The summed E-state index contributed by atoms with van der Waals surface area (Å²) in [6.07, 6.45) is 4.41. The molecule has 0 bridgehead atoms. The molecule has 0 fully saturated rings. The number of benzene rings is 1. The van der Waals surface area contributed by atoms with Crippen LogP contribution < -0.4 is 4.74 Å². The molecule has 0 unspecified atom stereocenters. The summed E-state index contributed by atoms with van der Waals surface area (Å²) in [4.78, 5) is 15.5. The zero-order chi connectivity index (χ0) is 13.7. The van der Waals surface area contributed by atoms with Crippen LogP contribution in [0.15, 0.2) is 36.7 Å². The van der Waals surface area contributed by atoms with Crippen molar-refractivity contribution in [3.05, 3.63) is 48.0 Å². The Balaban J connectivity index is 1.86. The van der Waals surface area contributed by atoms with Gasteiger partial charge in [0.2, 0.25) is 0 Å². The third-order valence-electron chi connectivity index (χ3n) is 2.79. The lowest BCUT2D eigenvalue weighted by molar-refractivity contribution is 0.0600. The summed E-state index contributed by atoms with van der Waals surface area (Å²) in [5.74, 6) is 1.35. The minimum atomic E-state index is -0.348. The lowest BCUT2D eigenvalue weighted by Gasteiger charge is -2.07. The van der Waals surface area contributed by atoms with Gasteiger partial charge in [-0.3, -0.25) is 0 Å². The summed E-state index contributed by atoms with van der Waals surface area (Å²) in [6.45, 7) is 0.544. The predicted molar refractivity (Wildman–Crippen MR) is 70.2 cm³/mol. The van der Waals surface area contributed by atoms with Crippen LogP contribution in [-0.4, -0.2) is 29.2 Å². The van der Waals surface area contributed by atoms with Gasteiger partial charge in [0.25, 0.3) is 0 Å². The number of hydrogen-bond acceptors (Lipinski definition) is 4. The highest BCUT2D eigenvalue weighted by molar-refractivity contribution is 5.89. The zero-order valence-electron chi connectivity index (χ0n) is 11.0. The van der Waals surface area contributed by atoms with Gasteiger partial charge in [-0.25, -0.2) is 9.78 Å². The Morgan fingerprint density at radius 2 is 2.05 bits per heavy atom. The molecule has 1 heterocycles. The van der Waals surface area contributed by atoms with Crippen LogP contribution >= 0.6 is 0 Å². The summed E-state index contributed by atoms with van der Waals surface area (Å²) in [7, 11) is 3.31. The number of carbonyl (C=O) groups excluding carboxylic acids is 1. The molecule has 0 atom stereocenters. The summed E-state index contributed by atoms with van der Waals surface area (Å²) in [5.41, 5.74) is 0.513. The number of methoxy groups -OCH3 is 1. The fourth-order valence-electron chi connectivity index (χ4n) is 1.70. The molecule has 0 aliphatic carbocycles. The molecule has 0 spiro atoms. The molecule has 0 N–H and O–H groups in total. The van der Waals surface area contributed by atoms with Crippen LogP contribution in [0.5, 0.6) is 5.75 Å². The Morgan fingerprint density at radius 3 is 2.63 bits per heavy atom. The first kappa shape index (κ1) is 13.1. The number of aromatic nitrogens is 2. The maximum absolute atomic E-state index is 11.3. The summed E-state index contributed by atoms with van der Waals surface area (Å²) in [5, 5.41) is 0. The van der Waals surface area contributed by atoms with Crippen LogP contribution in [0.1, 0.15) is 16.2 Å². The Morgan fingerprint density at radius 1 is 1.32 bits per heavy atom. The summed E-state index contributed by atoms with van der Waals surface area (Å²) in [6, 6.07) is 6.87. The third-order valence-corrected chi connectivity index (χ3v) is 2.79. The van der Waals surface area contributed by atoms with Gasteiger partial charge in [-0.15, -0.1) is 0 Å². The lowest BCUT2D eigenvalue weighted by Crippen LogP contribution is -2.06. The molecule has 5 heteroatoms. The van der Waals surface area contributed by atoms with Crippen molar-refractivity contribution in [1.29, 1.82) is 0 Å². The highest BCUT2D eigenvalue weighted by Crippen LogP contribution is 2.13. The van der Waals surface area contributed by atoms with Gasteiger partial charge in [-0.2, -0.15) is 0 Å². The van der Waals surface area contributed by atoms with E-state index in [0.29, 0.717) is 12.2 Å². The molecule has 1 aromatic carbocycles. The quantitative estimate of drug-likeness (QED) is 0.770. The van der Waals surface area contributed by atoms with E-state index in [2.05, 4.69) is 9.72 Å². The smallest absolute Gasteiger partial charge is 0.337 e. The van der Waals surface area contributed by atoms with Crippen molar-refractivity contribution in [3.8, 4) is 5.75 Å². The van der Waals surface area contributed by atoms with Crippen molar-refractivity contribution in [2.45, 2.75) is 6.42 Å². The number of rotatable bonds is 5. The van der Waals surface area contributed by atoms with Crippen LogP contribution in [0.4, 0.5) is 0 Å². The number of imidazole rings is 1. The van der Waals surface area contributed by atoms with E-state index in [9.17, 15) is 4.79 Å². The first-order chi connectivity index (χ1) is 9.20. The number of aryl methyl sites for hydroxylation is 1. The molecule has 5 nitrogen and oxygen atoms in total. The first-order valence-electron chi connectivity index (χ1n) is 5.98. The normalized spacial score (nSPS) is 10.2. The van der Waals surface area contributed by atoms with Crippen LogP contribution in [0.25, 0.3) is 0 Å². The SMILES string of the molecule is COC(=O)c1ccc(OCCc2nccn2C)cc1. The largest absolute Gasteiger partial charge is 0.493 e.